The Hall–Kier alpha value is -2.41. The number of hydrogen-bond donors (Lipinski definition) is 1. The van der Waals surface area contributed by atoms with Gasteiger partial charge in [0.1, 0.15) is 11.5 Å². The molecular formula is C17H20N2O4S. The van der Waals surface area contributed by atoms with Crippen LogP contribution in [-0.4, -0.2) is 43.2 Å². The predicted octanol–water partition coefficient (Wildman–Crippen LogP) is 2.62. The number of ether oxygens (including phenoxy) is 1. The lowest BCUT2D eigenvalue weighted by Gasteiger charge is -2.16. The van der Waals surface area contributed by atoms with Crippen LogP contribution in [0.15, 0.2) is 47.1 Å². The summed E-state index contributed by atoms with van der Waals surface area (Å²) < 4.78 is 10.3. The molecule has 0 saturated carbocycles. The molecule has 0 unspecified atom stereocenters. The summed E-state index contributed by atoms with van der Waals surface area (Å²) in [6.45, 7) is -0.00262. The fraction of sp³-hybridized carbons (Fsp3) is 0.294. The molecule has 7 heteroatoms. The van der Waals surface area contributed by atoms with Crippen molar-refractivity contribution in [1.29, 1.82) is 0 Å². The minimum Gasteiger partial charge on any atom is -0.497 e. The van der Waals surface area contributed by atoms with Crippen LogP contribution in [0.3, 0.4) is 0 Å². The van der Waals surface area contributed by atoms with E-state index in [4.69, 9.17) is 9.15 Å². The van der Waals surface area contributed by atoms with E-state index in [2.05, 4.69) is 5.32 Å². The van der Waals surface area contributed by atoms with Crippen molar-refractivity contribution >= 4 is 29.3 Å². The molecule has 2 aromatic rings. The van der Waals surface area contributed by atoms with E-state index in [1.54, 1.807) is 44.7 Å². The Kier molecular flexibility index (Phi) is 6.74. The van der Waals surface area contributed by atoms with Crippen molar-refractivity contribution in [2.45, 2.75) is 5.75 Å². The number of hydrogen-bond acceptors (Lipinski definition) is 5. The number of rotatable bonds is 8. The van der Waals surface area contributed by atoms with Crippen molar-refractivity contribution in [3.8, 4) is 5.75 Å². The van der Waals surface area contributed by atoms with Crippen LogP contribution < -0.4 is 10.1 Å². The molecule has 1 aromatic carbocycles. The van der Waals surface area contributed by atoms with Crippen molar-refractivity contribution in [2.75, 3.05) is 31.8 Å². The monoisotopic (exact) mass is 348 g/mol. The van der Waals surface area contributed by atoms with Gasteiger partial charge in [0, 0.05) is 18.8 Å². The van der Waals surface area contributed by atoms with Crippen molar-refractivity contribution in [1.82, 2.24) is 4.90 Å². The Morgan fingerprint density at radius 1 is 1.29 bits per heavy atom. The summed E-state index contributed by atoms with van der Waals surface area (Å²) in [6, 6.07) is 10.7. The van der Waals surface area contributed by atoms with Crippen LogP contribution in [0.25, 0.3) is 0 Å². The number of likely N-dealkylation sites (N-methyl/N-ethyl adjacent to an activating group) is 1. The molecule has 2 rings (SSSR count). The Bertz CT molecular complexity index is 673. The van der Waals surface area contributed by atoms with Gasteiger partial charge in [-0.2, -0.15) is 0 Å². The molecule has 1 aromatic heterocycles. The first-order valence-electron chi connectivity index (χ1n) is 7.36. The molecule has 0 aliphatic carbocycles. The van der Waals surface area contributed by atoms with Crippen LogP contribution in [-0.2, 0) is 15.3 Å². The number of carbonyl (C=O) groups is 2. The number of nitrogens with zero attached hydrogens (tertiary/aromatic N) is 1. The van der Waals surface area contributed by atoms with Gasteiger partial charge in [-0.15, -0.1) is 11.8 Å². The van der Waals surface area contributed by atoms with Crippen LogP contribution in [0, 0.1) is 0 Å². The number of nitrogens with one attached hydrogen (secondary N) is 1. The maximum atomic E-state index is 12.0. The van der Waals surface area contributed by atoms with E-state index in [1.165, 1.54) is 16.7 Å². The summed E-state index contributed by atoms with van der Waals surface area (Å²) in [4.78, 5) is 25.5. The molecule has 1 N–H and O–H groups in total. The molecule has 0 spiro atoms. The highest BCUT2D eigenvalue weighted by Crippen LogP contribution is 2.16. The molecule has 0 aliphatic rings. The van der Waals surface area contributed by atoms with Gasteiger partial charge in [0.05, 0.1) is 31.4 Å². The minimum atomic E-state index is -0.255. The number of thioether (sulfide) groups is 1. The molecule has 0 saturated heterocycles. The molecule has 0 atom stereocenters. The van der Waals surface area contributed by atoms with E-state index in [9.17, 15) is 9.59 Å². The summed E-state index contributed by atoms with van der Waals surface area (Å²) in [6.07, 6.45) is 1.60. The van der Waals surface area contributed by atoms with Crippen LogP contribution in [0.1, 0.15) is 5.76 Å². The highest BCUT2D eigenvalue weighted by Gasteiger charge is 2.13. The van der Waals surface area contributed by atoms with E-state index in [-0.39, 0.29) is 18.4 Å². The highest BCUT2D eigenvalue weighted by molar-refractivity contribution is 7.99. The molecule has 2 amide bonds. The zero-order valence-electron chi connectivity index (χ0n) is 13.7. The summed E-state index contributed by atoms with van der Waals surface area (Å²) >= 11 is 1.45. The van der Waals surface area contributed by atoms with Gasteiger partial charge >= 0.3 is 0 Å². The molecule has 0 bridgehead atoms. The maximum Gasteiger partial charge on any atom is 0.243 e. The van der Waals surface area contributed by atoms with Crippen molar-refractivity contribution in [3.63, 3.8) is 0 Å². The summed E-state index contributed by atoms with van der Waals surface area (Å²) in [5.74, 6) is 2.05. The average Bonchev–Trinajstić information content (AvgIpc) is 3.08. The number of anilines is 1. The number of benzene rings is 1. The highest BCUT2D eigenvalue weighted by atomic mass is 32.2. The standard InChI is InChI=1S/C17H20N2O4S/c1-19(17(21)12-24-11-15-7-4-8-23-15)10-16(20)18-13-5-3-6-14(9-13)22-2/h3-9H,10-12H2,1-2H3,(H,18,20). The van der Waals surface area contributed by atoms with Crippen molar-refractivity contribution in [2.24, 2.45) is 0 Å². The van der Waals surface area contributed by atoms with E-state index < -0.39 is 0 Å². The molecular weight excluding hydrogens is 328 g/mol. The van der Waals surface area contributed by atoms with E-state index in [0.29, 0.717) is 22.9 Å². The number of methoxy groups -OCH3 is 1. The minimum absolute atomic E-state index is 0.00262. The van der Waals surface area contributed by atoms with Crippen LogP contribution in [0.5, 0.6) is 5.75 Å². The van der Waals surface area contributed by atoms with Gasteiger partial charge in [-0.05, 0) is 24.3 Å². The Morgan fingerprint density at radius 3 is 2.83 bits per heavy atom. The maximum absolute atomic E-state index is 12.0. The lowest BCUT2D eigenvalue weighted by atomic mass is 10.3. The molecule has 0 fully saturated rings. The number of amides is 2. The van der Waals surface area contributed by atoms with Gasteiger partial charge in [-0.3, -0.25) is 9.59 Å². The quantitative estimate of drug-likeness (QED) is 0.794. The van der Waals surface area contributed by atoms with Crippen LogP contribution in [0.2, 0.25) is 0 Å². The topological polar surface area (TPSA) is 71.8 Å². The number of carbonyl (C=O) groups excluding carboxylic acids is 2. The van der Waals surface area contributed by atoms with Crippen LogP contribution >= 0.6 is 11.8 Å². The fourth-order valence-electron chi connectivity index (χ4n) is 1.95. The molecule has 1 heterocycles. The normalized spacial score (nSPS) is 10.2. The van der Waals surface area contributed by atoms with Gasteiger partial charge in [0.15, 0.2) is 0 Å². The lowest BCUT2D eigenvalue weighted by Crippen LogP contribution is -2.35. The van der Waals surface area contributed by atoms with E-state index in [1.807, 2.05) is 12.1 Å². The zero-order valence-corrected chi connectivity index (χ0v) is 14.5. The summed E-state index contributed by atoms with van der Waals surface area (Å²) in [5, 5.41) is 2.75. The first-order chi connectivity index (χ1) is 11.6. The van der Waals surface area contributed by atoms with Crippen molar-refractivity contribution < 1.29 is 18.7 Å². The predicted molar refractivity (Wildman–Crippen MR) is 94.1 cm³/mol. The second-order valence-corrected chi connectivity index (χ2v) is 6.09. The Morgan fingerprint density at radius 2 is 2.12 bits per heavy atom. The van der Waals surface area contributed by atoms with Gasteiger partial charge in [0.25, 0.3) is 0 Å². The molecule has 128 valence electrons. The lowest BCUT2D eigenvalue weighted by molar-refractivity contribution is -0.131. The third-order valence-corrected chi connectivity index (χ3v) is 4.15. The van der Waals surface area contributed by atoms with Gasteiger partial charge in [-0.1, -0.05) is 6.07 Å². The second kappa shape index (κ2) is 9.02. The second-order valence-electron chi connectivity index (χ2n) is 5.10. The smallest absolute Gasteiger partial charge is 0.243 e. The third-order valence-electron chi connectivity index (χ3n) is 3.21. The molecule has 24 heavy (non-hydrogen) atoms. The Balaban J connectivity index is 1.74. The summed E-state index contributed by atoms with van der Waals surface area (Å²) in [5.41, 5.74) is 0.632. The van der Waals surface area contributed by atoms with E-state index in [0.717, 1.165) is 5.76 Å². The summed E-state index contributed by atoms with van der Waals surface area (Å²) in [7, 11) is 3.18. The van der Waals surface area contributed by atoms with Crippen LogP contribution in [0.4, 0.5) is 5.69 Å². The van der Waals surface area contributed by atoms with E-state index >= 15 is 0 Å². The average molecular weight is 348 g/mol. The first kappa shape index (κ1) is 17.9. The van der Waals surface area contributed by atoms with Gasteiger partial charge < -0.3 is 19.4 Å². The SMILES string of the molecule is COc1cccc(NC(=O)CN(C)C(=O)CSCc2ccco2)c1. The third kappa shape index (κ3) is 5.66. The van der Waals surface area contributed by atoms with Crippen molar-refractivity contribution in [3.05, 3.63) is 48.4 Å². The molecule has 0 radical (unpaired) electrons. The zero-order chi connectivity index (χ0) is 17.4. The van der Waals surface area contributed by atoms with Gasteiger partial charge in [0.2, 0.25) is 11.8 Å². The fourth-order valence-corrected chi connectivity index (χ4v) is 2.81. The molecule has 6 nitrogen and oxygen atoms in total. The largest absolute Gasteiger partial charge is 0.497 e. The van der Waals surface area contributed by atoms with Gasteiger partial charge in [-0.25, -0.2) is 0 Å². The Labute approximate surface area is 145 Å². The first-order valence-corrected chi connectivity index (χ1v) is 8.52. The molecule has 0 aliphatic heterocycles. The number of furan rings is 1.